The van der Waals surface area contributed by atoms with E-state index in [4.69, 9.17) is 18.9 Å². The van der Waals surface area contributed by atoms with Crippen LogP contribution >= 0.6 is 0 Å². The summed E-state index contributed by atoms with van der Waals surface area (Å²) in [6.07, 6.45) is 3.27. The van der Waals surface area contributed by atoms with E-state index in [0.29, 0.717) is 18.4 Å². The summed E-state index contributed by atoms with van der Waals surface area (Å²) in [5, 5.41) is 0. The third-order valence-corrected chi connectivity index (χ3v) is 6.29. The molecule has 2 rings (SSSR count). The highest BCUT2D eigenvalue weighted by molar-refractivity contribution is 5.60. The summed E-state index contributed by atoms with van der Waals surface area (Å²) in [7, 11) is 6.07. The molecular weight excluding hydrogens is 416 g/mol. The molecule has 0 spiro atoms. The van der Waals surface area contributed by atoms with Gasteiger partial charge >= 0.3 is 12.3 Å². The first kappa shape index (κ1) is 32.6. The van der Waals surface area contributed by atoms with Gasteiger partial charge in [0.25, 0.3) is 0 Å². The molecule has 0 bridgehead atoms. The summed E-state index contributed by atoms with van der Waals surface area (Å²) in [6, 6.07) is 0. The lowest BCUT2D eigenvalue weighted by molar-refractivity contribution is -0.260. The van der Waals surface area contributed by atoms with Crippen molar-refractivity contribution in [2.45, 2.75) is 80.4 Å². The van der Waals surface area contributed by atoms with Gasteiger partial charge < -0.3 is 28.4 Å². The zero-order chi connectivity index (χ0) is 22.9. The van der Waals surface area contributed by atoms with E-state index in [1.54, 1.807) is 14.2 Å². The number of carbonyl (C=O) groups is 2. The van der Waals surface area contributed by atoms with Crippen molar-refractivity contribution in [3.8, 4) is 0 Å². The molecule has 8 heteroatoms. The summed E-state index contributed by atoms with van der Waals surface area (Å²) in [4.78, 5) is 21.9. The summed E-state index contributed by atoms with van der Waals surface area (Å²) < 4.78 is 29.7. The van der Waals surface area contributed by atoms with Crippen molar-refractivity contribution in [3.05, 3.63) is 0 Å². The first-order valence-corrected chi connectivity index (χ1v) is 10.5. The Morgan fingerprint density at radius 2 is 1.16 bits per heavy atom. The molecule has 0 aromatic rings. The van der Waals surface area contributed by atoms with Crippen LogP contribution in [-0.2, 0) is 28.4 Å². The number of ether oxygens (including phenoxy) is 6. The van der Waals surface area contributed by atoms with Crippen molar-refractivity contribution in [2.75, 3.05) is 41.7 Å². The summed E-state index contributed by atoms with van der Waals surface area (Å²) in [5.41, 5.74) is -0.348. The minimum atomic E-state index is -0.629. The standard InChI is InChI=1S/2C11H20O4.2CH4/c1-10(2)7(13-5)11(3,4)8(10)15-9(12)14-6;1-13-7-9-3-5-10(6-4-9)8-15-11(12)14-2;;/h7-8H,1-6H3;9-10H,3-8H2,1-2H3;2*1H4. The zero-order valence-electron chi connectivity index (χ0n) is 19.8. The first-order valence-electron chi connectivity index (χ1n) is 10.5. The second kappa shape index (κ2) is 14.6. The van der Waals surface area contributed by atoms with Crippen molar-refractivity contribution < 1.29 is 38.0 Å². The summed E-state index contributed by atoms with van der Waals surface area (Å²) in [6.45, 7) is 9.46. The fourth-order valence-corrected chi connectivity index (χ4v) is 5.20. The van der Waals surface area contributed by atoms with Gasteiger partial charge in [0.2, 0.25) is 0 Å². The molecule has 192 valence electrons. The van der Waals surface area contributed by atoms with Gasteiger partial charge in [-0.2, -0.15) is 0 Å². The maximum Gasteiger partial charge on any atom is 0.508 e. The van der Waals surface area contributed by atoms with Crippen LogP contribution in [0.25, 0.3) is 0 Å². The molecule has 2 fully saturated rings. The van der Waals surface area contributed by atoms with Crippen molar-refractivity contribution >= 4 is 12.3 Å². The number of carbonyl (C=O) groups excluding carboxylic acids is 2. The molecule has 0 saturated heterocycles. The Kier molecular flexibility index (Phi) is 14.9. The zero-order valence-corrected chi connectivity index (χ0v) is 19.8. The molecule has 8 nitrogen and oxygen atoms in total. The summed E-state index contributed by atoms with van der Waals surface area (Å²) >= 11 is 0. The SMILES string of the molecule is C.C.COC(=O)OC1C(C)(C)C(OC)C1(C)C.COCC1CCC(COC(=O)OC)CC1. The highest BCUT2D eigenvalue weighted by atomic mass is 16.7. The molecule has 0 aromatic carbocycles. The fraction of sp³-hybridized carbons (Fsp3) is 0.917. The quantitative estimate of drug-likeness (QED) is 0.462. The first-order chi connectivity index (χ1) is 14.0. The molecule has 32 heavy (non-hydrogen) atoms. The lowest BCUT2D eigenvalue weighted by atomic mass is 9.51. The Hall–Kier alpha value is -1.54. The molecule has 0 aliphatic heterocycles. The van der Waals surface area contributed by atoms with E-state index >= 15 is 0 Å². The van der Waals surface area contributed by atoms with Gasteiger partial charge in [0.15, 0.2) is 0 Å². The van der Waals surface area contributed by atoms with Crippen LogP contribution < -0.4 is 0 Å². The van der Waals surface area contributed by atoms with E-state index in [0.717, 1.165) is 19.4 Å². The van der Waals surface area contributed by atoms with Crippen molar-refractivity contribution in [2.24, 2.45) is 22.7 Å². The van der Waals surface area contributed by atoms with Crippen LogP contribution in [0.1, 0.15) is 68.2 Å². The van der Waals surface area contributed by atoms with E-state index < -0.39 is 12.3 Å². The van der Waals surface area contributed by atoms with Crippen LogP contribution in [-0.4, -0.2) is 66.2 Å². The van der Waals surface area contributed by atoms with Gasteiger partial charge in [-0.15, -0.1) is 0 Å². The topological polar surface area (TPSA) is 89.5 Å². The van der Waals surface area contributed by atoms with Crippen LogP contribution in [0, 0.1) is 22.7 Å². The Labute approximate surface area is 195 Å². The van der Waals surface area contributed by atoms with E-state index in [1.165, 1.54) is 27.1 Å². The predicted octanol–water partition coefficient (Wildman–Crippen LogP) is 5.71. The van der Waals surface area contributed by atoms with Crippen LogP contribution in [0.2, 0.25) is 0 Å². The second-order valence-electron chi connectivity index (χ2n) is 9.32. The van der Waals surface area contributed by atoms with Gasteiger partial charge in [-0.25, -0.2) is 9.59 Å². The fourth-order valence-electron chi connectivity index (χ4n) is 5.20. The Morgan fingerprint density at radius 3 is 1.53 bits per heavy atom. The van der Waals surface area contributed by atoms with Gasteiger partial charge in [-0.05, 0) is 37.5 Å². The number of rotatable bonds is 6. The smallest absolute Gasteiger partial charge is 0.438 e. The average Bonchev–Trinajstić information content (AvgIpc) is 2.71. The number of hydrogen-bond acceptors (Lipinski definition) is 8. The van der Waals surface area contributed by atoms with Crippen molar-refractivity contribution in [1.29, 1.82) is 0 Å². The maximum atomic E-state index is 11.1. The predicted molar refractivity (Wildman–Crippen MR) is 125 cm³/mol. The van der Waals surface area contributed by atoms with E-state index in [9.17, 15) is 9.59 Å². The molecule has 0 radical (unpaired) electrons. The van der Waals surface area contributed by atoms with Gasteiger partial charge in [0.05, 0.1) is 26.9 Å². The van der Waals surface area contributed by atoms with Gasteiger partial charge in [0.1, 0.15) is 6.10 Å². The van der Waals surface area contributed by atoms with E-state index in [1.807, 2.05) is 27.7 Å². The molecule has 0 unspecified atom stereocenters. The minimum Gasteiger partial charge on any atom is -0.438 e. The molecule has 0 atom stereocenters. The number of hydrogen-bond donors (Lipinski definition) is 0. The maximum absolute atomic E-state index is 11.1. The number of methoxy groups -OCH3 is 4. The van der Waals surface area contributed by atoms with Crippen LogP contribution in [0.15, 0.2) is 0 Å². The Bertz CT molecular complexity index is 522. The lowest BCUT2D eigenvalue weighted by Gasteiger charge is -2.61. The average molecular weight is 465 g/mol. The molecule has 2 aliphatic carbocycles. The third-order valence-electron chi connectivity index (χ3n) is 6.29. The van der Waals surface area contributed by atoms with Crippen LogP contribution in [0.4, 0.5) is 9.59 Å². The molecule has 0 aromatic heterocycles. The summed E-state index contributed by atoms with van der Waals surface area (Å²) in [5.74, 6) is 1.18. The molecular formula is C24H48O8. The highest BCUT2D eigenvalue weighted by Crippen LogP contribution is 2.57. The minimum absolute atomic E-state index is 0. The molecule has 2 aliphatic rings. The molecule has 0 heterocycles. The monoisotopic (exact) mass is 464 g/mol. The van der Waals surface area contributed by atoms with Gasteiger partial charge in [0, 0.05) is 31.7 Å². The van der Waals surface area contributed by atoms with Crippen molar-refractivity contribution in [3.63, 3.8) is 0 Å². The highest BCUT2D eigenvalue weighted by Gasteiger charge is 2.64. The Balaban J connectivity index is 0. The molecule has 0 N–H and O–H groups in total. The largest absolute Gasteiger partial charge is 0.508 e. The molecule has 2 saturated carbocycles. The second-order valence-corrected chi connectivity index (χ2v) is 9.32. The van der Waals surface area contributed by atoms with Crippen LogP contribution in [0.5, 0.6) is 0 Å². The van der Waals surface area contributed by atoms with E-state index in [2.05, 4.69) is 9.47 Å². The van der Waals surface area contributed by atoms with Crippen LogP contribution in [0.3, 0.4) is 0 Å². The lowest BCUT2D eigenvalue weighted by Crippen LogP contribution is -2.69. The van der Waals surface area contributed by atoms with Gasteiger partial charge in [-0.1, -0.05) is 42.5 Å². The van der Waals surface area contributed by atoms with Gasteiger partial charge in [-0.3, -0.25) is 0 Å². The Morgan fingerprint density at radius 1 is 0.719 bits per heavy atom. The normalized spacial score (nSPS) is 27.0. The third kappa shape index (κ3) is 8.43. The van der Waals surface area contributed by atoms with E-state index in [-0.39, 0.29) is 37.9 Å². The molecule has 0 amide bonds. The van der Waals surface area contributed by atoms with Crippen molar-refractivity contribution in [1.82, 2.24) is 0 Å².